The number of benzene rings is 3. The second-order valence-electron chi connectivity index (χ2n) is 18.7. The Morgan fingerprint density at radius 3 is 1.93 bits per heavy atom. The van der Waals surface area contributed by atoms with E-state index < -0.39 is 17.6 Å². The van der Waals surface area contributed by atoms with E-state index in [9.17, 15) is 24.9 Å². The summed E-state index contributed by atoms with van der Waals surface area (Å²) in [5.74, 6) is -0.910. The van der Waals surface area contributed by atoms with Gasteiger partial charge in [0.2, 0.25) is 11.8 Å². The number of pyridine rings is 3. The van der Waals surface area contributed by atoms with Gasteiger partial charge >= 0.3 is 5.97 Å². The van der Waals surface area contributed by atoms with Gasteiger partial charge in [-0.25, -0.2) is 9.97 Å². The molecule has 2 amide bonds. The van der Waals surface area contributed by atoms with Crippen LogP contribution in [0.3, 0.4) is 0 Å². The summed E-state index contributed by atoms with van der Waals surface area (Å²) in [6, 6.07) is 32.5. The maximum atomic E-state index is 14.4. The molecule has 360 valence electrons. The van der Waals surface area contributed by atoms with Crippen LogP contribution in [0.15, 0.2) is 153 Å². The van der Waals surface area contributed by atoms with E-state index in [4.69, 9.17) is 14.7 Å². The van der Waals surface area contributed by atoms with Gasteiger partial charge in [-0.3, -0.25) is 23.9 Å². The third-order valence-electron chi connectivity index (χ3n) is 12.6. The molecule has 1 N–H and O–H groups in total. The van der Waals surface area contributed by atoms with Gasteiger partial charge in [0, 0.05) is 101 Å². The normalized spacial score (nSPS) is 12.4. The van der Waals surface area contributed by atoms with Crippen molar-refractivity contribution in [1.29, 1.82) is 10.5 Å². The van der Waals surface area contributed by atoms with E-state index in [0.29, 0.717) is 46.8 Å². The Morgan fingerprint density at radius 1 is 0.750 bits per heavy atom. The first-order valence-electron chi connectivity index (χ1n) is 23.4. The Morgan fingerprint density at radius 2 is 1.32 bits per heavy atom. The molecule has 8 rings (SSSR count). The summed E-state index contributed by atoms with van der Waals surface area (Å²) in [6.45, 7) is 11.8. The molecule has 5 aromatic heterocycles. The molecule has 0 aliphatic rings. The summed E-state index contributed by atoms with van der Waals surface area (Å²) in [7, 11) is 5.55. The molecule has 0 saturated carbocycles. The van der Waals surface area contributed by atoms with Crippen molar-refractivity contribution in [2.75, 3.05) is 37.9 Å². The lowest BCUT2D eigenvalue weighted by atomic mass is 9.86. The minimum absolute atomic E-state index is 0.226. The summed E-state index contributed by atoms with van der Waals surface area (Å²) in [5.41, 5.74) is 8.98. The number of aromatic nitrogens is 5. The highest BCUT2D eigenvalue weighted by molar-refractivity contribution is 6.02. The molecule has 14 nitrogen and oxygen atoms in total. The third kappa shape index (κ3) is 10.6. The minimum Gasteiger partial charge on any atom is -0.441 e. The number of carbonyl (C=O) groups is 3. The van der Waals surface area contributed by atoms with Crippen molar-refractivity contribution >= 4 is 51.2 Å². The van der Waals surface area contributed by atoms with Crippen LogP contribution in [0, 0.1) is 28.1 Å². The molecule has 0 saturated heterocycles. The Balaban J connectivity index is 1.08. The van der Waals surface area contributed by atoms with E-state index in [0.717, 1.165) is 55.3 Å². The highest BCUT2D eigenvalue weighted by atomic mass is 16.6. The van der Waals surface area contributed by atoms with Gasteiger partial charge < -0.3 is 24.4 Å². The standard InChI is InChI=1S/C58H54N10O4/c1-9-54(70)66(8)48-19-12-16-41(25-48)45-26-49-51(42-17-10-14-39(22-42)29-59)35-67(55(49)62-32-45)37(2)28-58(4,5)57(71)72-38(3)68-36-52(43-18-11-15-40(23-43)30-60)50-27-46(33-63-56(50)68)44-24-47(34-61-31-44)64-53(69)20-13-21-65(6)7/h9-20,22-27,31-38H,1,21,28H2,2-8H3,(H,64,69)/b20-13+. The van der Waals surface area contributed by atoms with Gasteiger partial charge in [0.05, 0.1) is 40.6 Å². The first-order chi connectivity index (χ1) is 34.6. The van der Waals surface area contributed by atoms with E-state index in [1.54, 1.807) is 57.0 Å². The van der Waals surface area contributed by atoms with Crippen LogP contribution in [0.4, 0.5) is 11.4 Å². The number of nitrogens with one attached hydrogen (secondary N) is 1. The number of carbonyl (C=O) groups excluding carboxylic acids is 3. The number of amides is 2. The van der Waals surface area contributed by atoms with Crippen LogP contribution in [0.25, 0.3) is 66.6 Å². The smallest absolute Gasteiger partial charge is 0.313 e. The fourth-order valence-corrected chi connectivity index (χ4v) is 8.83. The van der Waals surface area contributed by atoms with E-state index in [-0.39, 0.29) is 17.9 Å². The molecular weight excluding hydrogens is 901 g/mol. The van der Waals surface area contributed by atoms with Crippen molar-refractivity contribution < 1.29 is 19.1 Å². The number of nitrogens with zero attached hydrogens (tertiary/aromatic N) is 9. The highest BCUT2D eigenvalue weighted by Gasteiger charge is 2.34. The summed E-state index contributed by atoms with van der Waals surface area (Å²) in [4.78, 5) is 57.4. The topological polar surface area (TPSA) is 175 Å². The van der Waals surface area contributed by atoms with Gasteiger partial charge in [-0.05, 0) is 126 Å². The molecule has 0 aliphatic heterocycles. The zero-order valence-electron chi connectivity index (χ0n) is 41.3. The molecular formula is C58H54N10O4. The van der Waals surface area contributed by atoms with Crippen LogP contribution < -0.4 is 10.2 Å². The van der Waals surface area contributed by atoms with Crippen molar-refractivity contribution in [2.45, 2.75) is 46.4 Å². The summed E-state index contributed by atoms with van der Waals surface area (Å²) < 4.78 is 10.2. The molecule has 5 heterocycles. The van der Waals surface area contributed by atoms with Gasteiger partial charge in [0.1, 0.15) is 11.3 Å². The predicted octanol–water partition coefficient (Wildman–Crippen LogP) is 11.1. The largest absolute Gasteiger partial charge is 0.441 e. The summed E-state index contributed by atoms with van der Waals surface area (Å²) >= 11 is 0. The molecule has 72 heavy (non-hydrogen) atoms. The number of esters is 1. The van der Waals surface area contributed by atoms with Crippen LogP contribution in [0.2, 0.25) is 0 Å². The molecule has 0 spiro atoms. The number of anilines is 2. The van der Waals surface area contributed by atoms with Gasteiger partial charge in [0.15, 0.2) is 6.23 Å². The van der Waals surface area contributed by atoms with Crippen molar-refractivity contribution in [1.82, 2.24) is 29.0 Å². The quantitative estimate of drug-likeness (QED) is 0.0725. The Bertz CT molecular complexity index is 3510. The van der Waals surface area contributed by atoms with Crippen LogP contribution in [-0.4, -0.2) is 74.5 Å². The van der Waals surface area contributed by atoms with Gasteiger partial charge in [-0.2, -0.15) is 10.5 Å². The maximum absolute atomic E-state index is 14.4. The molecule has 0 aliphatic carbocycles. The third-order valence-corrected chi connectivity index (χ3v) is 12.6. The SMILES string of the molecule is C=CC(=O)N(C)c1cccc(-c2cnc3c(c2)c(-c2cccc(C#N)c2)cn3C(C)CC(C)(C)C(=O)OC(C)n2cc(-c3cccc(C#N)c3)c3cc(-c4cncc(NC(=O)/C=C/CN(C)C)c4)cnc32)c1. The Kier molecular flexibility index (Phi) is 14.4. The molecule has 3 aromatic carbocycles. The average molecular weight is 955 g/mol. The Labute approximate surface area is 418 Å². The van der Waals surface area contributed by atoms with E-state index in [1.165, 1.54) is 17.1 Å². The zero-order chi connectivity index (χ0) is 51.3. The molecule has 2 atom stereocenters. The zero-order valence-corrected chi connectivity index (χ0v) is 41.3. The predicted molar refractivity (Wildman–Crippen MR) is 282 cm³/mol. The van der Waals surface area contributed by atoms with Gasteiger partial charge in [-0.15, -0.1) is 0 Å². The molecule has 8 aromatic rings. The fraction of sp³-hybridized carbons (Fsp3) is 0.207. The van der Waals surface area contributed by atoms with Crippen molar-refractivity contribution in [2.24, 2.45) is 5.41 Å². The second-order valence-corrected chi connectivity index (χ2v) is 18.7. The molecule has 0 radical (unpaired) electrons. The lowest BCUT2D eigenvalue weighted by molar-refractivity contribution is -0.164. The van der Waals surface area contributed by atoms with Gasteiger partial charge in [-0.1, -0.05) is 49.1 Å². The van der Waals surface area contributed by atoms with Crippen LogP contribution >= 0.6 is 0 Å². The first kappa shape index (κ1) is 49.4. The number of hydrogen-bond acceptors (Lipinski definition) is 10. The lowest BCUT2D eigenvalue weighted by Gasteiger charge is -2.29. The average Bonchev–Trinajstić information content (AvgIpc) is 3.97. The van der Waals surface area contributed by atoms with E-state index in [2.05, 4.69) is 39.7 Å². The summed E-state index contributed by atoms with van der Waals surface area (Å²) in [6.07, 6.45) is 14.9. The molecule has 14 heteroatoms. The number of ether oxygens (including phenoxy) is 1. The van der Waals surface area contributed by atoms with E-state index in [1.807, 2.05) is 130 Å². The van der Waals surface area contributed by atoms with Gasteiger partial charge in [0.25, 0.3) is 0 Å². The van der Waals surface area contributed by atoms with Crippen LogP contribution in [0.5, 0.6) is 0 Å². The molecule has 0 bridgehead atoms. The van der Waals surface area contributed by atoms with Crippen LogP contribution in [0.1, 0.15) is 57.5 Å². The summed E-state index contributed by atoms with van der Waals surface area (Å²) in [5, 5.41) is 24.1. The lowest BCUT2D eigenvalue weighted by Crippen LogP contribution is -2.31. The second kappa shape index (κ2) is 20.9. The Hall–Kier alpha value is -8.98. The van der Waals surface area contributed by atoms with E-state index >= 15 is 0 Å². The first-order valence-corrected chi connectivity index (χ1v) is 23.4. The van der Waals surface area contributed by atoms with Crippen molar-refractivity contribution in [3.8, 4) is 56.6 Å². The number of hydrogen-bond donors (Lipinski definition) is 1. The van der Waals surface area contributed by atoms with Crippen LogP contribution in [-0.2, 0) is 19.1 Å². The number of fused-ring (bicyclic) bond motifs is 2. The van der Waals surface area contributed by atoms with Crippen molar-refractivity contribution in [3.63, 3.8) is 0 Å². The van der Waals surface area contributed by atoms with Crippen molar-refractivity contribution in [3.05, 3.63) is 164 Å². The highest BCUT2D eigenvalue weighted by Crippen LogP contribution is 2.40. The number of nitriles is 2. The number of likely N-dealkylation sites (N-methyl/N-ethyl adjacent to an activating group) is 2. The molecule has 2 unspecified atom stereocenters. The minimum atomic E-state index is -0.983. The maximum Gasteiger partial charge on any atom is 0.313 e. The monoisotopic (exact) mass is 954 g/mol. The number of rotatable bonds is 16. The fourth-order valence-electron chi connectivity index (χ4n) is 8.83. The molecule has 0 fully saturated rings.